The molecule has 0 aliphatic heterocycles. The van der Waals surface area contributed by atoms with Gasteiger partial charge < -0.3 is 10.0 Å². The van der Waals surface area contributed by atoms with E-state index in [0.29, 0.717) is 5.69 Å². The quantitative estimate of drug-likeness (QED) is 0.941. The van der Waals surface area contributed by atoms with E-state index in [1.165, 1.54) is 15.6 Å². The van der Waals surface area contributed by atoms with Crippen LogP contribution in [-0.2, 0) is 0 Å². The second-order valence-electron chi connectivity index (χ2n) is 5.45. The van der Waals surface area contributed by atoms with E-state index in [0.717, 1.165) is 11.4 Å². The number of aliphatic hydroxyl groups is 1. The van der Waals surface area contributed by atoms with Gasteiger partial charge in [0.25, 0.3) is 5.91 Å². The molecule has 1 aromatic heterocycles. The molecule has 0 aliphatic carbocycles. The number of hydrogen-bond donors (Lipinski definition) is 1. The highest BCUT2D eigenvalue weighted by Gasteiger charge is 2.19. The molecular weight excluding hydrogens is 285 g/mol. The Kier molecular flexibility index (Phi) is 4.61. The summed E-state index contributed by atoms with van der Waals surface area (Å²) in [6, 6.07) is 5.84. The Hall–Kier alpha value is -2.21. The highest BCUT2D eigenvalue weighted by molar-refractivity contribution is 5.94. The minimum atomic E-state index is -0.512. The molecule has 2 rings (SSSR count). The summed E-state index contributed by atoms with van der Waals surface area (Å²) in [5.74, 6) is -0.845. The largest absolute Gasteiger partial charge is 0.394 e. The lowest BCUT2D eigenvalue weighted by Gasteiger charge is -2.23. The molecule has 0 fully saturated rings. The Balaban J connectivity index is 2.34. The third kappa shape index (κ3) is 3.01. The van der Waals surface area contributed by atoms with Crippen molar-refractivity contribution >= 4 is 5.91 Å². The molecule has 118 valence electrons. The highest BCUT2D eigenvalue weighted by Crippen LogP contribution is 2.18. The van der Waals surface area contributed by atoms with Gasteiger partial charge in [-0.15, -0.1) is 0 Å². The number of benzene rings is 1. The van der Waals surface area contributed by atoms with E-state index in [1.54, 1.807) is 26.1 Å². The van der Waals surface area contributed by atoms with E-state index in [2.05, 4.69) is 5.10 Å². The molecule has 0 bridgehead atoms. The minimum Gasteiger partial charge on any atom is -0.394 e. The fraction of sp³-hybridized carbons (Fsp3) is 0.375. The van der Waals surface area contributed by atoms with Crippen LogP contribution in [0.4, 0.5) is 4.39 Å². The summed E-state index contributed by atoms with van der Waals surface area (Å²) in [5, 5.41) is 13.3. The lowest BCUT2D eigenvalue weighted by molar-refractivity contribution is 0.0681. The van der Waals surface area contributed by atoms with Gasteiger partial charge in [0.15, 0.2) is 0 Å². The molecule has 1 aromatic carbocycles. The number of likely N-dealkylation sites (N-methyl/N-ethyl adjacent to an activating group) is 1. The molecule has 22 heavy (non-hydrogen) atoms. The second-order valence-corrected chi connectivity index (χ2v) is 5.45. The van der Waals surface area contributed by atoms with Gasteiger partial charge in [-0.1, -0.05) is 0 Å². The molecule has 6 heteroatoms. The van der Waals surface area contributed by atoms with Gasteiger partial charge in [-0.05, 0) is 45.0 Å². The van der Waals surface area contributed by atoms with E-state index >= 15 is 0 Å². The molecule has 0 saturated carbocycles. The van der Waals surface area contributed by atoms with Gasteiger partial charge in [0, 0.05) is 18.3 Å². The molecule has 1 amide bonds. The molecule has 1 atom stereocenters. The van der Waals surface area contributed by atoms with E-state index in [4.69, 9.17) is 5.11 Å². The predicted octanol–water partition coefficient (Wildman–Crippen LogP) is 2.08. The average Bonchev–Trinajstić information content (AvgIpc) is 2.83. The molecule has 5 nitrogen and oxygen atoms in total. The summed E-state index contributed by atoms with van der Waals surface area (Å²) in [5.41, 5.74) is 2.17. The summed E-state index contributed by atoms with van der Waals surface area (Å²) in [4.78, 5) is 13.6. The molecule has 0 spiro atoms. The number of hydrogen-bond acceptors (Lipinski definition) is 3. The lowest BCUT2D eigenvalue weighted by atomic mass is 10.1. The number of aliphatic hydroxyl groups excluding tert-OH is 1. The average molecular weight is 305 g/mol. The Labute approximate surface area is 129 Å². The van der Waals surface area contributed by atoms with Gasteiger partial charge in [-0.2, -0.15) is 5.10 Å². The monoisotopic (exact) mass is 305 g/mol. The number of aromatic nitrogens is 2. The van der Waals surface area contributed by atoms with Gasteiger partial charge in [0.2, 0.25) is 0 Å². The van der Waals surface area contributed by atoms with Gasteiger partial charge in [-0.3, -0.25) is 4.79 Å². The third-order valence-electron chi connectivity index (χ3n) is 3.68. The Morgan fingerprint density at radius 3 is 2.59 bits per heavy atom. The zero-order valence-electron chi connectivity index (χ0n) is 13.2. The van der Waals surface area contributed by atoms with Crippen molar-refractivity contribution in [3.05, 3.63) is 47.0 Å². The standard InChI is InChI=1S/C16H20FN3O2/c1-10-7-11(2)20(18-10)15-6-5-13(8-14(15)17)16(22)19(4)12(3)9-21/h5-8,12,21H,9H2,1-4H3. The maximum Gasteiger partial charge on any atom is 0.254 e. The number of halogens is 1. The molecule has 2 aromatic rings. The van der Waals surface area contributed by atoms with Crippen LogP contribution in [0.25, 0.3) is 5.69 Å². The van der Waals surface area contributed by atoms with Crippen LogP contribution in [0, 0.1) is 19.7 Å². The first-order chi connectivity index (χ1) is 10.3. The van der Waals surface area contributed by atoms with Crippen molar-refractivity contribution in [2.24, 2.45) is 0 Å². The SMILES string of the molecule is Cc1cc(C)n(-c2ccc(C(=O)N(C)C(C)CO)cc2F)n1. The maximum absolute atomic E-state index is 14.4. The third-order valence-corrected chi connectivity index (χ3v) is 3.68. The number of nitrogens with zero attached hydrogens (tertiary/aromatic N) is 3. The van der Waals surface area contributed by atoms with Crippen LogP contribution in [0.15, 0.2) is 24.3 Å². The fourth-order valence-electron chi connectivity index (χ4n) is 2.21. The van der Waals surface area contributed by atoms with Crippen molar-refractivity contribution in [3.63, 3.8) is 0 Å². The normalized spacial score (nSPS) is 12.3. The molecule has 0 radical (unpaired) electrons. The Morgan fingerprint density at radius 2 is 2.09 bits per heavy atom. The summed E-state index contributed by atoms with van der Waals surface area (Å²) in [6.07, 6.45) is 0. The summed E-state index contributed by atoms with van der Waals surface area (Å²) in [7, 11) is 1.58. The smallest absolute Gasteiger partial charge is 0.254 e. The second kappa shape index (κ2) is 6.27. The lowest BCUT2D eigenvalue weighted by Crippen LogP contribution is -2.37. The number of carbonyl (C=O) groups excluding carboxylic acids is 1. The van der Waals surface area contributed by atoms with Gasteiger partial charge in [0.1, 0.15) is 11.5 Å². The molecule has 1 heterocycles. The Morgan fingerprint density at radius 1 is 1.41 bits per heavy atom. The zero-order chi connectivity index (χ0) is 16.4. The molecular formula is C16H20FN3O2. The van der Waals surface area contributed by atoms with Crippen LogP contribution >= 0.6 is 0 Å². The van der Waals surface area contributed by atoms with Crippen molar-refractivity contribution in [3.8, 4) is 5.69 Å². The van der Waals surface area contributed by atoms with Gasteiger partial charge in [-0.25, -0.2) is 9.07 Å². The predicted molar refractivity (Wildman–Crippen MR) is 81.6 cm³/mol. The van der Waals surface area contributed by atoms with Crippen molar-refractivity contribution in [2.75, 3.05) is 13.7 Å². The van der Waals surface area contributed by atoms with Gasteiger partial charge >= 0.3 is 0 Å². The molecule has 1 N–H and O–H groups in total. The first-order valence-electron chi connectivity index (χ1n) is 7.06. The van der Waals surface area contributed by atoms with E-state index in [1.807, 2.05) is 19.9 Å². The van der Waals surface area contributed by atoms with Crippen LogP contribution < -0.4 is 0 Å². The van der Waals surface area contributed by atoms with Crippen molar-refractivity contribution in [1.82, 2.24) is 14.7 Å². The number of carbonyl (C=O) groups is 1. The van der Waals surface area contributed by atoms with E-state index < -0.39 is 5.82 Å². The van der Waals surface area contributed by atoms with Gasteiger partial charge in [0.05, 0.1) is 18.3 Å². The molecule has 0 aliphatic rings. The van der Waals surface area contributed by atoms with Crippen molar-refractivity contribution in [2.45, 2.75) is 26.8 Å². The molecule has 0 saturated heterocycles. The Bertz CT molecular complexity index is 697. The number of aryl methyl sites for hydroxylation is 2. The fourth-order valence-corrected chi connectivity index (χ4v) is 2.21. The van der Waals surface area contributed by atoms with E-state index in [-0.39, 0.29) is 24.1 Å². The first-order valence-corrected chi connectivity index (χ1v) is 7.06. The number of amides is 1. The van der Waals surface area contributed by atoms with Crippen LogP contribution in [0.2, 0.25) is 0 Å². The minimum absolute atomic E-state index is 0.144. The highest BCUT2D eigenvalue weighted by atomic mass is 19.1. The maximum atomic E-state index is 14.4. The van der Waals surface area contributed by atoms with Crippen LogP contribution in [0.3, 0.4) is 0 Å². The zero-order valence-corrected chi connectivity index (χ0v) is 13.2. The van der Waals surface area contributed by atoms with E-state index in [9.17, 15) is 9.18 Å². The van der Waals surface area contributed by atoms with Crippen molar-refractivity contribution < 1.29 is 14.3 Å². The number of rotatable bonds is 4. The first kappa shape index (κ1) is 16.2. The molecule has 1 unspecified atom stereocenters. The summed E-state index contributed by atoms with van der Waals surface area (Å²) < 4.78 is 15.9. The van der Waals surface area contributed by atoms with Crippen LogP contribution in [0.1, 0.15) is 28.7 Å². The summed E-state index contributed by atoms with van der Waals surface area (Å²) in [6.45, 7) is 5.26. The summed E-state index contributed by atoms with van der Waals surface area (Å²) >= 11 is 0. The van der Waals surface area contributed by atoms with Crippen LogP contribution in [-0.4, -0.2) is 45.4 Å². The van der Waals surface area contributed by atoms with Crippen molar-refractivity contribution in [1.29, 1.82) is 0 Å². The topological polar surface area (TPSA) is 58.4 Å². The van der Waals surface area contributed by atoms with Crippen LogP contribution in [0.5, 0.6) is 0 Å².